The van der Waals surface area contributed by atoms with Crippen LogP contribution in [0.3, 0.4) is 0 Å². The molecule has 1 spiro atoms. The molecule has 0 atom stereocenters. The second-order valence-electron chi connectivity index (χ2n) is 8.37. The van der Waals surface area contributed by atoms with Gasteiger partial charge in [0.05, 0.1) is 25.2 Å². The molecule has 0 bridgehead atoms. The summed E-state index contributed by atoms with van der Waals surface area (Å²) >= 11 is 5.62. The third kappa shape index (κ3) is 4.11. The Labute approximate surface area is 195 Å². The molecule has 34 heavy (non-hydrogen) atoms. The van der Waals surface area contributed by atoms with E-state index >= 15 is 0 Å². The zero-order valence-corrected chi connectivity index (χ0v) is 18.3. The first kappa shape index (κ1) is 22.7. The van der Waals surface area contributed by atoms with Gasteiger partial charge in [0.25, 0.3) is 5.89 Å². The molecule has 2 saturated heterocycles. The van der Waals surface area contributed by atoms with Crippen molar-refractivity contribution in [2.45, 2.75) is 13.0 Å². The van der Waals surface area contributed by atoms with Crippen LogP contribution in [0.1, 0.15) is 17.9 Å². The fourth-order valence-corrected chi connectivity index (χ4v) is 4.28. The van der Waals surface area contributed by atoms with Crippen LogP contribution in [-0.4, -0.2) is 46.5 Å². The Morgan fingerprint density at radius 3 is 2.38 bits per heavy atom. The standard InChI is InChI=1S/C22H17F5N4O2S/c23-15-4-3-14(6-17(15)25)31(21(34)30-8-22(9-30)10-32-11-22)7-13-2-1-12(5-16(13)24)19-28-29-20(33-19)18(26)27/h1-6,18H,7-11H2. The van der Waals surface area contributed by atoms with Crippen LogP contribution in [0.2, 0.25) is 0 Å². The van der Waals surface area contributed by atoms with Gasteiger partial charge in [-0.05, 0) is 36.5 Å². The van der Waals surface area contributed by atoms with Crippen LogP contribution in [0.5, 0.6) is 0 Å². The fraction of sp³-hybridized carbons (Fsp3) is 0.318. The van der Waals surface area contributed by atoms with Crippen LogP contribution in [0.25, 0.3) is 11.5 Å². The summed E-state index contributed by atoms with van der Waals surface area (Å²) in [7, 11) is 0. The van der Waals surface area contributed by atoms with Crippen molar-refractivity contribution in [3.63, 3.8) is 0 Å². The summed E-state index contributed by atoms with van der Waals surface area (Å²) in [6.45, 7) is 2.49. The fourth-order valence-electron chi connectivity index (χ4n) is 3.98. The van der Waals surface area contributed by atoms with E-state index in [2.05, 4.69) is 10.2 Å². The highest BCUT2D eigenvalue weighted by Gasteiger charge is 2.50. The van der Waals surface area contributed by atoms with Crippen LogP contribution >= 0.6 is 12.2 Å². The first-order valence-corrected chi connectivity index (χ1v) is 10.7. The highest BCUT2D eigenvalue weighted by atomic mass is 32.1. The number of likely N-dealkylation sites (tertiary alicyclic amines) is 1. The van der Waals surface area contributed by atoms with Crippen LogP contribution in [0.4, 0.5) is 27.6 Å². The molecule has 3 heterocycles. The Morgan fingerprint density at radius 2 is 1.79 bits per heavy atom. The van der Waals surface area contributed by atoms with Gasteiger partial charge in [0, 0.05) is 36.0 Å². The minimum absolute atomic E-state index is 0.0534. The Hall–Kier alpha value is -3.12. The van der Waals surface area contributed by atoms with Crippen molar-refractivity contribution in [2.75, 3.05) is 31.2 Å². The van der Waals surface area contributed by atoms with Gasteiger partial charge in [0.2, 0.25) is 5.89 Å². The van der Waals surface area contributed by atoms with Gasteiger partial charge in [0.1, 0.15) is 5.82 Å². The molecule has 0 saturated carbocycles. The van der Waals surface area contributed by atoms with Crippen molar-refractivity contribution >= 4 is 23.0 Å². The quantitative estimate of drug-likeness (QED) is 0.375. The van der Waals surface area contributed by atoms with Gasteiger partial charge in [-0.15, -0.1) is 10.2 Å². The largest absolute Gasteiger partial charge is 0.415 e. The van der Waals surface area contributed by atoms with E-state index in [1.165, 1.54) is 23.1 Å². The van der Waals surface area contributed by atoms with E-state index in [0.717, 1.165) is 18.2 Å². The molecular weight excluding hydrogens is 479 g/mol. The molecule has 0 N–H and O–H groups in total. The average molecular weight is 496 g/mol. The number of thiocarbonyl (C=S) groups is 1. The lowest BCUT2D eigenvalue weighted by atomic mass is 9.78. The Kier molecular flexibility index (Phi) is 5.72. The Balaban J connectivity index is 1.41. The van der Waals surface area contributed by atoms with Crippen molar-refractivity contribution in [1.29, 1.82) is 0 Å². The zero-order chi connectivity index (χ0) is 24.0. The topological polar surface area (TPSA) is 54.6 Å². The van der Waals surface area contributed by atoms with E-state index in [1.807, 2.05) is 4.90 Å². The van der Waals surface area contributed by atoms with E-state index in [0.29, 0.717) is 31.4 Å². The summed E-state index contributed by atoms with van der Waals surface area (Å²) in [5.41, 5.74) is 0.623. The number of anilines is 1. The second kappa shape index (κ2) is 8.58. The molecule has 0 radical (unpaired) electrons. The minimum Gasteiger partial charge on any atom is -0.415 e. The smallest absolute Gasteiger partial charge is 0.314 e. The summed E-state index contributed by atoms with van der Waals surface area (Å²) in [5.74, 6) is -3.86. The Bertz CT molecular complexity index is 1240. The van der Waals surface area contributed by atoms with Gasteiger partial charge in [-0.1, -0.05) is 6.07 Å². The number of rotatable bonds is 5. The summed E-state index contributed by atoms with van der Waals surface area (Å²) in [6.07, 6.45) is -2.94. The maximum atomic E-state index is 15.0. The van der Waals surface area contributed by atoms with Crippen molar-refractivity contribution < 1.29 is 31.1 Å². The minimum atomic E-state index is -2.94. The van der Waals surface area contributed by atoms with E-state index in [1.54, 1.807) is 0 Å². The van der Waals surface area contributed by atoms with Crippen molar-refractivity contribution in [3.8, 4) is 11.5 Å². The number of nitrogens with zero attached hydrogens (tertiary/aromatic N) is 4. The lowest BCUT2D eigenvalue weighted by molar-refractivity contribution is -0.170. The zero-order valence-electron chi connectivity index (χ0n) is 17.5. The molecule has 2 aromatic carbocycles. The summed E-state index contributed by atoms with van der Waals surface area (Å²) in [4.78, 5) is 3.42. The molecule has 2 aliphatic rings. The molecule has 178 valence electrons. The molecule has 5 rings (SSSR count). The third-order valence-corrected chi connectivity index (χ3v) is 6.32. The van der Waals surface area contributed by atoms with Gasteiger partial charge in [-0.2, -0.15) is 8.78 Å². The van der Waals surface area contributed by atoms with E-state index in [4.69, 9.17) is 21.4 Å². The van der Waals surface area contributed by atoms with Crippen LogP contribution in [0.15, 0.2) is 40.8 Å². The first-order valence-electron chi connectivity index (χ1n) is 10.2. The highest BCUT2D eigenvalue weighted by molar-refractivity contribution is 7.80. The number of hydrogen-bond donors (Lipinski definition) is 0. The molecule has 0 aliphatic carbocycles. The highest BCUT2D eigenvalue weighted by Crippen LogP contribution is 2.39. The van der Waals surface area contributed by atoms with Crippen molar-refractivity contribution in [1.82, 2.24) is 15.1 Å². The lowest BCUT2D eigenvalue weighted by Gasteiger charge is -2.56. The normalized spacial score (nSPS) is 16.5. The average Bonchev–Trinajstić information content (AvgIpc) is 3.23. The second-order valence-corrected chi connectivity index (χ2v) is 8.73. The predicted molar refractivity (Wildman–Crippen MR) is 115 cm³/mol. The number of hydrogen-bond acceptors (Lipinski definition) is 5. The number of ether oxygens (including phenoxy) is 1. The number of benzene rings is 2. The number of halogens is 5. The van der Waals surface area contributed by atoms with E-state index in [-0.39, 0.29) is 34.7 Å². The molecule has 6 nitrogen and oxygen atoms in total. The van der Waals surface area contributed by atoms with Crippen LogP contribution in [-0.2, 0) is 11.3 Å². The number of alkyl halides is 2. The van der Waals surface area contributed by atoms with Crippen LogP contribution < -0.4 is 4.90 Å². The molecular formula is C22H17F5N4O2S. The third-order valence-electron chi connectivity index (χ3n) is 5.84. The van der Waals surface area contributed by atoms with E-state index in [9.17, 15) is 22.0 Å². The van der Waals surface area contributed by atoms with Gasteiger partial charge in [0.15, 0.2) is 16.7 Å². The van der Waals surface area contributed by atoms with Gasteiger partial charge in [-0.25, -0.2) is 13.2 Å². The molecule has 2 fully saturated rings. The summed E-state index contributed by atoms with van der Waals surface area (Å²) in [6, 6.07) is 7.29. The van der Waals surface area contributed by atoms with Crippen molar-refractivity contribution in [3.05, 3.63) is 65.3 Å². The maximum Gasteiger partial charge on any atom is 0.314 e. The van der Waals surface area contributed by atoms with Crippen molar-refractivity contribution in [2.24, 2.45) is 5.41 Å². The summed E-state index contributed by atoms with van der Waals surface area (Å²) in [5, 5.41) is 7.09. The molecule has 1 aromatic heterocycles. The lowest BCUT2D eigenvalue weighted by Crippen LogP contribution is -2.68. The van der Waals surface area contributed by atoms with Crippen LogP contribution in [0, 0.1) is 22.9 Å². The SMILES string of the molecule is Fc1ccc(N(Cc2ccc(-c3nnc(C(F)F)o3)cc2F)C(=S)N2CC3(COC3)C2)cc1F. The molecule has 2 aliphatic heterocycles. The van der Waals surface area contributed by atoms with Gasteiger partial charge >= 0.3 is 6.43 Å². The van der Waals surface area contributed by atoms with Gasteiger partial charge < -0.3 is 19.0 Å². The molecule has 3 aromatic rings. The maximum absolute atomic E-state index is 15.0. The van der Waals surface area contributed by atoms with Gasteiger partial charge in [-0.3, -0.25) is 0 Å². The monoisotopic (exact) mass is 496 g/mol. The summed E-state index contributed by atoms with van der Waals surface area (Å²) < 4.78 is 78.0. The Morgan fingerprint density at radius 1 is 1.03 bits per heavy atom. The molecule has 0 unspecified atom stereocenters. The molecule has 0 amide bonds. The van der Waals surface area contributed by atoms with E-state index < -0.39 is 29.8 Å². The first-order chi connectivity index (χ1) is 16.2. The predicted octanol–water partition coefficient (Wildman–Crippen LogP) is 4.72. The number of aromatic nitrogens is 2. The molecule has 12 heteroatoms.